The van der Waals surface area contributed by atoms with Gasteiger partial charge < -0.3 is 5.32 Å². The molecule has 1 aromatic heterocycles. The molecule has 4 nitrogen and oxygen atoms in total. The fraction of sp³-hybridized carbons (Fsp3) is 0.786. The van der Waals surface area contributed by atoms with Crippen molar-refractivity contribution in [2.24, 2.45) is 0 Å². The summed E-state index contributed by atoms with van der Waals surface area (Å²) in [4.78, 5) is 2.53. The molecule has 0 spiro atoms. The zero-order valence-electron chi connectivity index (χ0n) is 11.3. The Bertz CT molecular complexity index is 381. The minimum atomic E-state index is 0.621. The SMILES string of the molecule is CC1CNCCN1Cc1ccn(C2CCCC2)n1. The molecule has 0 aromatic carbocycles. The van der Waals surface area contributed by atoms with Crippen molar-refractivity contribution in [3.63, 3.8) is 0 Å². The van der Waals surface area contributed by atoms with E-state index in [1.165, 1.54) is 31.4 Å². The molecule has 1 aromatic rings. The summed E-state index contributed by atoms with van der Waals surface area (Å²) in [6, 6.07) is 3.49. The first kappa shape index (κ1) is 12.2. The fourth-order valence-corrected chi connectivity index (χ4v) is 3.16. The number of hydrogen-bond donors (Lipinski definition) is 1. The van der Waals surface area contributed by atoms with Crippen molar-refractivity contribution in [1.82, 2.24) is 20.0 Å². The monoisotopic (exact) mass is 248 g/mol. The van der Waals surface area contributed by atoms with E-state index in [0.717, 1.165) is 26.2 Å². The van der Waals surface area contributed by atoms with Crippen molar-refractivity contribution in [2.45, 2.75) is 51.2 Å². The van der Waals surface area contributed by atoms with E-state index in [-0.39, 0.29) is 0 Å². The van der Waals surface area contributed by atoms with Gasteiger partial charge >= 0.3 is 0 Å². The summed E-state index contributed by atoms with van der Waals surface area (Å²) in [6.07, 6.45) is 7.54. The zero-order chi connectivity index (χ0) is 12.4. The van der Waals surface area contributed by atoms with Crippen LogP contribution in [0.1, 0.15) is 44.3 Å². The molecule has 18 heavy (non-hydrogen) atoms. The molecule has 2 aliphatic rings. The van der Waals surface area contributed by atoms with Gasteiger partial charge in [-0.1, -0.05) is 12.8 Å². The van der Waals surface area contributed by atoms with Crippen LogP contribution >= 0.6 is 0 Å². The Labute approximate surface area is 109 Å². The molecule has 1 atom stereocenters. The van der Waals surface area contributed by atoms with E-state index in [4.69, 9.17) is 5.10 Å². The van der Waals surface area contributed by atoms with Crippen LogP contribution in [-0.2, 0) is 6.54 Å². The van der Waals surface area contributed by atoms with Crippen LogP contribution < -0.4 is 5.32 Å². The fourth-order valence-electron chi connectivity index (χ4n) is 3.16. The largest absolute Gasteiger partial charge is 0.314 e. The lowest BCUT2D eigenvalue weighted by atomic mass is 10.2. The van der Waals surface area contributed by atoms with Crippen molar-refractivity contribution in [3.8, 4) is 0 Å². The van der Waals surface area contributed by atoms with Crippen molar-refractivity contribution >= 4 is 0 Å². The lowest BCUT2D eigenvalue weighted by Crippen LogP contribution is -2.49. The molecule has 1 N–H and O–H groups in total. The Morgan fingerprint density at radius 2 is 2.22 bits per heavy atom. The van der Waals surface area contributed by atoms with Crippen LogP contribution in [0.3, 0.4) is 0 Å². The molecule has 2 heterocycles. The number of nitrogens with one attached hydrogen (secondary N) is 1. The minimum absolute atomic E-state index is 0.621. The number of nitrogens with zero attached hydrogens (tertiary/aromatic N) is 3. The highest BCUT2D eigenvalue weighted by atomic mass is 15.3. The van der Waals surface area contributed by atoms with Crippen molar-refractivity contribution in [2.75, 3.05) is 19.6 Å². The van der Waals surface area contributed by atoms with Gasteiger partial charge in [0.1, 0.15) is 0 Å². The van der Waals surface area contributed by atoms with E-state index in [2.05, 4.69) is 34.1 Å². The zero-order valence-corrected chi connectivity index (χ0v) is 11.3. The van der Waals surface area contributed by atoms with Crippen LogP contribution in [0.15, 0.2) is 12.3 Å². The molecule has 100 valence electrons. The second-order valence-corrected chi connectivity index (χ2v) is 5.75. The average molecular weight is 248 g/mol. The molecule has 0 radical (unpaired) electrons. The maximum Gasteiger partial charge on any atom is 0.0765 e. The maximum atomic E-state index is 4.78. The average Bonchev–Trinajstić information content (AvgIpc) is 3.02. The van der Waals surface area contributed by atoms with E-state index < -0.39 is 0 Å². The number of aromatic nitrogens is 2. The normalized spacial score (nSPS) is 26.8. The Morgan fingerprint density at radius 3 is 3.00 bits per heavy atom. The highest BCUT2D eigenvalue weighted by Crippen LogP contribution is 2.28. The summed E-state index contributed by atoms with van der Waals surface area (Å²) in [6.45, 7) is 6.64. The molecule has 0 amide bonds. The Morgan fingerprint density at radius 1 is 1.39 bits per heavy atom. The lowest BCUT2D eigenvalue weighted by Gasteiger charge is -2.33. The third kappa shape index (κ3) is 2.59. The van der Waals surface area contributed by atoms with Gasteiger partial charge in [0.2, 0.25) is 0 Å². The quantitative estimate of drug-likeness (QED) is 0.885. The molecule has 1 unspecified atom stereocenters. The Hall–Kier alpha value is -0.870. The van der Waals surface area contributed by atoms with Crippen LogP contribution in [0, 0.1) is 0 Å². The molecule has 0 bridgehead atoms. The van der Waals surface area contributed by atoms with Gasteiger partial charge in [-0.15, -0.1) is 0 Å². The molecular weight excluding hydrogens is 224 g/mol. The molecule has 3 rings (SSSR count). The van der Waals surface area contributed by atoms with Gasteiger partial charge in [0, 0.05) is 38.4 Å². The standard InChI is InChI=1S/C14H24N4/c1-12-10-15-7-9-17(12)11-13-6-8-18(16-13)14-4-2-3-5-14/h6,8,12,14-15H,2-5,7,9-11H2,1H3. The van der Waals surface area contributed by atoms with E-state index in [0.29, 0.717) is 12.1 Å². The van der Waals surface area contributed by atoms with Crippen molar-refractivity contribution in [3.05, 3.63) is 18.0 Å². The van der Waals surface area contributed by atoms with E-state index in [9.17, 15) is 0 Å². The van der Waals surface area contributed by atoms with Gasteiger partial charge in [0.05, 0.1) is 11.7 Å². The van der Waals surface area contributed by atoms with Crippen LogP contribution in [0.4, 0.5) is 0 Å². The number of piperazine rings is 1. The topological polar surface area (TPSA) is 33.1 Å². The first-order valence-electron chi connectivity index (χ1n) is 7.32. The van der Waals surface area contributed by atoms with Crippen molar-refractivity contribution in [1.29, 1.82) is 0 Å². The minimum Gasteiger partial charge on any atom is -0.314 e. The molecule has 1 aliphatic heterocycles. The van der Waals surface area contributed by atoms with E-state index in [1.54, 1.807) is 0 Å². The third-order valence-corrected chi connectivity index (χ3v) is 4.37. The lowest BCUT2D eigenvalue weighted by molar-refractivity contribution is 0.163. The second kappa shape index (κ2) is 5.41. The molecule has 1 saturated heterocycles. The molecule has 2 fully saturated rings. The summed E-state index contributed by atoms with van der Waals surface area (Å²) in [5.41, 5.74) is 1.23. The predicted molar refractivity (Wildman–Crippen MR) is 72.5 cm³/mol. The molecule has 1 saturated carbocycles. The van der Waals surface area contributed by atoms with Gasteiger partial charge in [-0.05, 0) is 25.8 Å². The van der Waals surface area contributed by atoms with Crippen LogP contribution in [0.2, 0.25) is 0 Å². The highest BCUT2D eigenvalue weighted by molar-refractivity contribution is 5.01. The van der Waals surface area contributed by atoms with Crippen LogP contribution in [0.25, 0.3) is 0 Å². The summed E-state index contributed by atoms with van der Waals surface area (Å²) >= 11 is 0. The van der Waals surface area contributed by atoms with E-state index >= 15 is 0 Å². The number of hydrogen-bond acceptors (Lipinski definition) is 3. The summed E-state index contributed by atoms with van der Waals surface area (Å²) in [5.74, 6) is 0. The van der Waals surface area contributed by atoms with Gasteiger partial charge in [-0.25, -0.2) is 0 Å². The predicted octanol–water partition coefficient (Wildman–Crippen LogP) is 1.79. The Kier molecular flexibility index (Phi) is 3.66. The van der Waals surface area contributed by atoms with Crippen LogP contribution in [0.5, 0.6) is 0 Å². The highest BCUT2D eigenvalue weighted by Gasteiger charge is 2.20. The third-order valence-electron chi connectivity index (χ3n) is 4.37. The second-order valence-electron chi connectivity index (χ2n) is 5.75. The Balaban J connectivity index is 1.62. The molecular formula is C14H24N4. The molecule has 1 aliphatic carbocycles. The van der Waals surface area contributed by atoms with Gasteiger partial charge in [0.25, 0.3) is 0 Å². The smallest absolute Gasteiger partial charge is 0.0765 e. The molecule has 4 heteroatoms. The first-order valence-corrected chi connectivity index (χ1v) is 7.32. The summed E-state index contributed by atoms with van der Waals surface area (Å²) in [7, 11) is 0. The first-order chi connectivity index (χ1) is 8.83. The summed E-state index contributed by atoms with van der Waals surface area (Å²) in [5, 5.41) is 8.21. The van der Waals surface area contributed by atoms with E-state index in [1.807, 2.05) is 0 Å². The maximum absolute atomic E-state index is 4.78. The van der Waals surface area contributed by atoms with Gasteiger partial charge in [-0.2, -0.15) is 5.10 Å². The number of rotatable bonds is 3. The summed E-state index contributed by atoms with van der Waals surface area (Å²) < 4.78 is 2.20. The van der Waals surface area contributed by atoms with Crippen molar-refractivity contribution < 1.29 is 0 Å². The van der Waals surface area contributed by atoms with Crippen LogP contribution in [-0.4, -0.2) is 40.4 Å². The van der Waals surface area contributed by atoms with Gasteiger partial charge in [0.15, 0.2) is 0 Å². The van der Waals surface area contributed by atoms with Gasteiger partial charge in [-0.3, -0.25) is 9.58 Å².